The monoisotopic (exact) mass is 243 g/mol. The average molecular weight is 243 g/mol. The number of amides is 1. The topological polar surface area (TPSA) is 44.4 Å². The molecule has 0 saturated carbocycles. The zero-order valence-corrected chi connectivity index (χ0v) is 10.5. The van der Waals surface area contributed by atoms with Crippen LogP contribution in [0.2, 0.25) is 0 Å². The third-order valence-corrected chi connectivity index (χ3v) is 4.20. The van der Waals surface area contributed by atoms with Crippen molar-refractivity contribution in [3.8, 4) is 0 Å². The average Bonchev–Trinajstić information content (AvgIpc) is 2.31. The van der Waals surface area contributed by atoms with Gasteiger partial charge in [-0.05, 0) is 12.8 Å². The molecule has 16 heavy (non-hydrogen) atoms. The van der Waals surface area contributed by atoms with Gasteiger partial charge in [0.1, 0.15) is 0 Å². The largest absolute Gasteiger partial charge is 0.312 e. The molecule has 1 amide bonds. The second kappa shape index (κ2) is 6.47. The molecule has 0 aromatic rings. The molecule has 5 heteroatoms. The number of hydrogen-bond donors (Lipinski definition) is 2. The number of hydrogen-bond acceptors (Lipinski definition) is 4. The van der Waals surface area contributed by atoms with Gasteiger partial charge in [0.05, 0.1) is 0 Å². The number of rotatable bonds is 3. The molecule has 92 valence electrons. The van der Waals surface area contributed by atoms with Gasteiger partial charge in [0.2, 0.25) is 5.91 Å². The van der Waals surface area contributed by atoms with E-state index in [2.05, 4.69) is 15.8 Å². The van der Waals surface area contributed by atoms with E-state index in [1.54, 1.807) is 0 Å². The van der Waals surface area contributed by atoms with E-state index >= 15 is 0 Å². The van der Waals surface area contributed by atoms with Crippen molar-refractivity contribution in [3.05, 3.63) is 0 Å². The Morgan fingerprint density at radius 1 is 1.38 bits per heavy atom. The quantitative estimate of drug-likeness (QED) is 0.762. The third kappa shape index (κ3) is 3.96. The van der Waals surface area contributed by atoms with Crippen LogP contribution in [0.25, 0.3) is 0 Å². The van der Waals surface area contributed by atoms with Gasteiger partial charge in [0, 0.05) is 43.6 Å². The van der Waals surface area contributed by atoms with E-state index in [1.165, 1.54) is 25.0 Å². The first-order valence-corrected chi connectivity index (χ1v) is 7.35. The van der Waals surface area contributed by atoms with Crippen LogP contribution in [0.3, 0.4) is 0 Å². The minimum Gasteiger partial charge on any atom is -0.312 e. The van der Waals surface area contributed by atoms with Gasteiger partial charge in [0.15, 0.2) is 0 Å². The highest BCUT2D eigenvalue weighted by molar-refractivity contribution is 7.99. The lowest BCUT2D eigenvalue weighted by Crippen LogP contribution is -2.48. The minimum atomic E-state index is 0.168. The SMILES string of the molecule is O=C(CC1CSCCN1)NN1CCCCC1. The molecule has 2 N–H and O–H groups in total. The van der Waals surface area contributed by atoms with Crippen LogP contribution in [0, 0.1) is 0 Å². The molecular formula is C11H21N3OS. The molecule has 0 bridgehead atoms. The molecule has 0 aromatic heterocycles. The van der Waals surface area contributed by atoms with E-state index in [1.807, 2.05) is 11.8 Å². The molecular weight excluding hydrogens is 222 g/mol. The lowest BCUT2D eigenvalue weighted by atomic mass is 10.2. The van der Waals surface area contributed by atoms with Gasteiger partial charge in [-0.1, -0.05) is 6.42 Å². The van der Waals surface area contributed by atoms with Crippen LogP contribution in [0.15, 0.2) is 0 Å². The minimum absolute atomic E-state index is 0.168. The zero-order chi connectivity index (χ0) is 11.2. The Morgan fingerprint density at radius 3 is 2.88 bits per heavy atom. The van der Waals surface area contributed by atoms with Crippen LogP contribution in [-0.4, -0.2) is 48.1 Å². The molecule has 2 rings (SSSR count). The number of nitrogens with one attached hydrogen (secondary N) is 2. The first kappa shape index (κ1) is 12.2. The second-order valence-electron chi connectivity index (χ2n) is 4.51. The van der Waals surface area contributed by atoms with Crippen LogP contribution >= 0.6 is 11.8 Å². The van der Waals surface area contributed by atoms with Crippen molar-refractivity contribution in [1.82, 2.24) is 15.8 Å². The van der Waals surface area contributed by atoms with Gasteiger partial charge in [-0.2, -0.15) is 11.8 Å². The van der Waals surface area contributed by atoms with Crippen LogP contribution in [-0.2, 0) is 4.79 Å². The molecule has 0 spiro atoms. The molecule has 2 fully saturated rings. The number of thioether (sulfide) groups is 1. The summed E-state index contributed by atoms with van der Waals surface area (Å²) in [5, 5.41) is 5.46. The van der Waals surface area contributed by atoms with E-state index in [4.69, 9.17) is 0 Å². The maximum atomic E-state index is 11.8. The first-order valence-electron chi connectivity index (χ1n) is 6.20. The number of carbonyl (C=O) groups excluding carboxylic acids is 1. The van der Waals surface area contributed by atoms with Crippen molar-refractivity contribution in [2.24, 2.45) is 0 Å². The van der Waals surface area contributed by atoms with Gasteiger partial charge in [0.25, 0.3) is 0 Å². The summed E-state index contributed by atoms with van der Waals surface area (Å²) < 4.78 is 0. The summed E-state index contributed by atoms with van der Waals surface area (Å²) in [6.07, 6.45) is 4.33. The van der Waals surface area contributed by atoms with Crippen LogP contribution in [0.1, 0.15) is 25.7 Å². The summed E-state index contributed by atoms with van der Waals surface area (Å²) >= 11 is 1.93. The molecule has 1 unspecified atom stereocenters. The molecule has 1 atom stereocenters. The standard InChI is InChI=1S/C11H21N3OS/c15-11(8-10-9-16-7-4-12-10)13-14-5-2-1-3-6-14/h10,12H,1-9H2,(H,13,15). The van der Waals surface area contributed by atoms with Crippen molar-refractivity contribution in [3.63, 3.8) is 0 Å². The Kier molecular flexibility index (Phi) is 4.93. The maximum absolute atomic E-state index is 11.8. The normalized spacial score (nSPS) is 27.6. The Hall–Kier alpha value is -0.260. The van der Waals surface area contributed by atoms with Crippen molar-refractivity contribution < 1.29 is 4.79 Å². The highest BCUT2D eigenvalue weighted by Crippen LogP contribution is 2.11. The fourth-order valence-corrected chi connectivity index (χ4v) is 3.15. The molecule has 4 nitrogen and oxygen atoms in total. The molecule has 2 aliphatic rings. The van der Waals surface area contributed by atoms with E-state index in [0.717, 1.165) is 25.4 Å². The van der Waals surface area contributed by atoms with Gasteiger partial charge in [-0.15, -0.1) is 0 Å². The van der Waals surface area contributed by atoms with E-state index < -0.39 is 0 Å². The highest BCUT2D eigenvalue weighted by atomic mass is 32.2. The van der Waals surface area contributed by atoms with Crippen LogP contribution in [0.5, 0.6) is 0 Å². The van der Waals surface area contributed by atoms with Crippen molar-refractivity contribution in [2.75, 3.05) is 31.1 Å². The smallest absolute Gasteiger partial charge is 0.235 e. The number of carbonyl (C=O) groups is 1. The predicted molar refractivity (Wildman–Crippen MR) is 67.3 cm³/mol. The van der Waals surface area contributed by atoms with Crippen molar-refractivity contribution >= 4 is 17.7 Å². The molecule has 2 aliphatic heterocycles. The van der Waals surface area contributed by atoms with Crippen molar-refractivity contribution in [2.45, 2.75) is 31.7 Å². The number of hydrazine groups is 1. The van der Waals surface area contributed by atoms with Gasteiger partial charge >= 0.3 is 0 Å². The molecule has 2 saturated heterocycles. The first-order chi connectivity index (χ1) is 7.84. The highest BCUT2D eigenvalue weighted by Gasteiger charge is 2.18. The third-order valence-electron chi connectivity index (χ3n) is 3.07. The van der Waals surface area contributed by atoms with Gasteiger partial charge in [-0.3, -0.25) is 10.2 Å². The Morgan fingerprint density at radius 2 is 2.19 bits per heavy atom. The van der Waals surface area contributed by atoms with E-state index in [0.29, 0.717) is 12.5 Å². The molecule has 0 radical (unpaired) electrons. The van der Waals surface area contributed by atoms with E-state index in [-0.39, 0.29) is 5.91 Å². The summed E-state index contributed by atoms with van der Waals surface area (Å²) in [5.41, 5.74) is 3.01. The van der Waals surface area contributed by atoms with Crippen LogP contribution in [0.4, 0.5) is 0 Å². The van der Waals surface area contributed by atoms with Gasteiger partial charge < -0.3 is 5.32 Å². The van der Waals surface area contributed by atoms with E-state index in [9.17, 15) is 4.79 Å². The molecule has 0 aliphatic carbocycles. The maximum Gasteiger partial charge on any atom is 0.235 e. The molecule has 0 aromatic carbocycles. The van der Waals surface area contributed by atoms with Crippen LogP contribution < -0.4 is 10.7 Å². The summed E-state index contributed by atoms with van der Waals surface area (Å²) in [5.74, 6) is 2.40. The predicted octanol–water partition coefficient (Wildman–Crippen LogP) is 0.599. The van der Waals surface area contributed by atoms with Crippen molar-refractivity contribution in [1.29, 1.82) is 0 Å². The number of piperidine rings is 1. The summed E-state index contributed by atoms with van der Waals surface area (Å²) in [4.78, 5) is 11.8. The fraction of sp³-hybridized carbons (Fsp3) is 0.909. The Labute approximate surface area is 101 Å². The zero-order valence-electron chi connectivity index (χ0n) is 9.71. The number of nitrogens with zero attached hydrogens (tertiary/aromatic N) is 1. The van der Waals surface area contributed by atoms with Gasteiger partial charge in [-0.25, -0.2) is 5.01 Å². The summed E-state index contributed by atoms with van der Waals surface area (Å²) in [7, 11) is 0. The summed E-state index contributed by atoms with van der Waals surface area (Å²) in [6, 6.07) is 0.364. The summed E-state index contributed by atoms with van der Waals surface area (Å²) in [6.45, 7) is 3.06. The lowest BCUT2D eigenvalue weighted by Gasteiger charge is -2.28. The fourth-order valence-electron chi connectivity index (χ4n) is 2.20. The lowest BCUT2D eigenvalue weighted by molar-refractivity contribution is -0.126. The second-order valence-corrected chi connectivity index (χ2v) is 5.66. The Balaban J connectivity index is 1.66. The Bertz CT molecular complexity index is 203. The molecule has 2 heterocycles.